The number of hydrogen-bond donors (Lipinski definition) is 0. The van der Waals surface area contributed by atoms with Crippen molar-refractivity contribution in [2.24, 2.45) is 5.92 Å². The molecule has 0 aliphatic heterocycles. The van der Waals surface area contributed by atoms with E-state index < -0.39 is 0 Å². The van der Waals surface area contributed by atoms with Gasteiger partial charge in [-0.3, -0.25) is 9.59 Å². The van der Waals surface area contributed by atoms with Crippen LogP contribution in [0.1, 0.15) is 32.6 Å². The number of ketones is 1. The van der Waals surface area contributed by atoms with E-state index in [-0.39, 0.29) is 30.2 Å². The van der Waals surface area contributed by atoms with Crippen LogP contribution in [-0.4, -0.2) is 18.4 Å². The van der Waals surface area contributed by atoms with Gasteiger partial charge in [0.05, 0.1) is 17.1 Å². The fraction of sp³-hybridized carbons (Fsp3) is 0.333. The summed E-state index contributed by atoms with van der Waals surface area (Å²) in [4.78, 5) is 25.4. The Morgan fingerprint density at radius 2 is 2.25 bits per heavy atom. The van der Waals surface area contributed by atoms with Crippen molar-refractivity contribution >= 4 is 23.1 Å². The van der Waals surface area contributed by atoms with Crippen LogP contribution in [0.3, 0.4) is 0 Å². The van der Waals surface area contributed by atoms with Crippen molar-refractivity contribution in [3.8, 4) is 0 Å². The maximum absolute atomic E-state index is 11.8. The van der Waals surface area contributed by atoms with Gasteiger partial charge in [-0.1, -0.05) is 0 Å². The minimum atomic E-state index is -0.312. The molecule has 0 aromatic carbocycles. The Hall–Kier alpha value is -1.88. The largest absolute Gasteiger partial charge is 0.469 e. The van der Waals surface area contributed by atoms with Crippen molar-refractivity contribution in [1.82, 2.24) is 0 Å². The molecule has 0 bridgehead atoms. The summed E-state index contributed by atoms with van der Waals surface area (Å²) >= 11 is 1.41. The summed E-state index contributed by atoms with van der Waals surface area (Å²) in [6.07, 6.45) is 2.33. The molecule has 0 saturated heterocycles. The van der Waals surface area contributed by atoms with Crippen LogP contribution in [0.2, 0.25) is 0 Å². The molecule has 0 unspecified atom stereocenters. The number of furan rings is 1. The zero-order valence-electron chi connectivity index (χ0n) is 11.0. The quantitative estimate of drug-likeness (QED) is 0.627. The van der Waals surface area contributed by atoms with Gasteiger partial charge in [0, 0.05) is 10.8 Å². The Labute approximate surface area is 120 Å². The molecule has 0 amide bonds. The lowest BCUT2D eigenvalue weighted by atomic mass is 10.2. The van der Waals surface area contributed by atoms with Crippen LogP contribution < -0.4 is 0 Å². The second-order valence-corrected chi connectivity index (χ2v) is 6.19. The van der Waals surface area contributed by atoms with Gasteiger partial charge < -0.3 is 9.15 Å². The average molecular weight is 290 g/mol. The molecule has 1 aliphatic carbocycles. The van der Waals surface area contributed by atoms with E-state index in [0.29, 0.717) is 4.88 Å². The maximum Gasteiger partial charge on any atom is 0.310 e. The van der Waals surface area contributed by atoms with Crippen LogP contribution in [-0.2, 0) is 9.53 Å². The SMILES string of the molecule is Cc1ccc(C(=O)COC(=O)[C@H]2C[C@@H]2c2ccco2)s1. The highest BCUT2D eigenvalue weighted by molar-refractivity contribution is 7.14. The summed E-state index contributed by atoms with van der Waals surface area (Å²) in [5.74, 6) is 0.294. The van der Waals surface area contributed by atoms with E-state index in [2.05, 4.69) is 0 Å². The molecule has 1 saturated carbocycles. The number of hydrogen-bond acceptors (Lipinski definition) is 5. The van der Waals surface area contributed by atoms with E-state index in [4.69, 9.17) is 9.15 Å². The Morgan fingerprint density at radius 3 is 2.90 bits per heavy atom. The second kappa shape index (κ2) is 5.25. The van der Waals surface area contributed by atoms with E-state index in [1.807, 2.05) is 19.1 Å². The van der Waals surface area contributed by atoms with Crippen LogP contribution in [0.25, 0.3) is 0 Å². The maximum atomic E-state index is 11.8. The highest BCUT2D eigenvalue weighted by Crippen LogP contribution is 2.48. The molecule has 1 fully saturated rings. The number of carbonyl (C=O) groups is 2. The lowest BCUT2D eigenvalue weighted by Crippen LogP contribution is -2.15. The van der Waals surface area contributed by atoms with E-state index in [1.54, 1.807) is 18.4 Å². The first-order chi connectivity index (χ1) is 9.65. The van der Waals surface area contributed by atoms with Crippen LogP contribution >= 0.6 is 11.3 Å². The summed E-state index contributed by atoms with van der Waals surface area (Å²) in [5.41, 5.74) is 0. The van der Waals surface area contributed by atoms with E-state index in [9.17, 15) is 9.59 Å². The first-order valence-electron chi connectivity index (χ1n) is 6.45. The molecular weight excluding hydrogens is 276 g/mol. The van der Waals surface area contributed by atoms with E-state index >= 15 is 0 Å². The minimum absolute atomic E-state index is 0.108. The van der Waals surface area contributed by atoms with Gasteiger partial charge in [-0.15, -0.1) is 11.3 Å². The van der Waals surface area contributed by atoms with Gasteiger partial charge in [-0.2, -0.15) is 0 Å². The number of rotatable bonds is 5. The highest BCUT2D eigenvalue weighted by atomic mass is 32.1. The zero-order chi connectivity index (χ0) is 14.1. The lowest BCUT2D eigenvalue weighted by molar-refractivity contribution is -0.144. The molecule has 0 radical (unpaired) electrons. The van der Waals surface area contributed by atoms with Gasteiger partial charge in [0.15, 0.2) is 6.61 Å². The summed E-state index contributed by atoms with van der Waals surface area (Å²) in [6, 6.07) is 7.31. The van der Waals surface area contributed by atoms with E-state index in [0.717, 1.165) is 17.1 Å². The summed E-state index contributed by atoms with van der Waals surface area (Å²) in [7, 11) is 0. The molecule has 2 aromatic rings. The Kier molecular flexibility index (Phi) is 3.44. The molecule has 5 heteroatoms. The molecule has 2 heterocycles. The first kappa shape index (κ1) is 13.1. The molecule has 20 heavy (non-hydrogen) atoms. The molecule has 2 atom stereocenters. The molecule has 4 nitrogen and oxygen atoms in total. The molecular formula is C15H14O4S. The molecule has 3 rings (SSSR count). The fourth-order valence-electron chi connectivity index (χ4n) is 2.17. The van der Waals surface area contributed by atoms with Crippen molar-refractivity contribution in [3.05, 3.63) is 46.0 Å². The van der Waals surface area contributed by atoms with Gasteiger partial charge in [-0.25, -0.2) is 0 Å². The summed E-state index contributed by atoms with van der Waals surface area (Å²) in [6.45, 7) is 1.76. The monoisotopic (exact) mass is 290 g/mol. The van der Waals surface area contributed by atoms with Crippen LogP contribution in [0, 0.1) is 12.8 Å². The van der Waals surface area contributed by atoms with Gasteiger partial charge >= 0.3 is 5.97 Å². The molecule has 104 valence electrons. The molecule has 0 spiro atoms. The normalized spacial score (nSPS) is 20.6. The van der Waals surface area contributed by atoms with Gasteiger partial charge in [-0.05, 0) is 37.6 Å². The molecule has 0 N–H and O–H groups in total. The third-order valence-corrected chi connectivity index (χ3v) is 4.40. The fourth-order valence-corrected chi connectivity index (χ4v) is 2.96. The van der Waals surface area contributed by atoms with Crippen molar-refractivity contribution in [3.63, 3.8) is 0 Å². The number of esters is 1. The lowest BCUT2D eigenvalue weighted by Gasteiger charge is -2.02. The van der Waals surface area contributed by atoms with Crippen LogP contribution in [0.15, 0.2) is 34.9 Å². The topological polar surface area (TPSA) is 56.5 Å². The number of carbonyl (C=O) groups excluding carboxylic acids is 2. The predicted molar refractivity (Wildman–Crippen MR) is 73.9 cm³/mol. The second-order valence-electron chi connectivity index (χ2n) is 4.91. The third kappa shape index (κ3) is 2.67. The predicted octanol–water partition coefficient (Wildman–Crippen LogP) is 3.18. The van der Waals surface area contributed by atoms with Gasteiger partial charge in [0.1, 0.15) is 5.76 Å². The highest BCUT2D eigenvalue weighted by Gasteiger charge is 2.47. The third-order valence-electron chi connectivity index (χ3n) is 3.36. The van der Waals surface area contributed by atoms with Crippen LogP contribution in [0.5, 0.6) is 0 Å². The number of ether oxygens (including phenoxy) is 1. The van der Waals surface area contributed by atoms with Crippen molar-refractivity contribution in [1.29, 1.82) is 0 Å². The Morgan fingerprint density at radius 1 is 1.40 bits per heavy atom. The number of thiophene rings is 1. The summed E-state index contributed by atoms with van der Waals surface area (Å²) in [5, 5.41) is 0. The van der Waals surface area contributed by atoms with Gasteiger partial charge in [0.25, 0.3) is 0 Å². The Bertz CT molecular complexity index is 626. The molecule has 2 aromatic heterocycles. The molecule has 1 aliphatic rings. The first-order valence-corrected chi connectivity index (χ1v) is 7.26. The van der Waals surface area contributed by atoms with Crippen molar-refractivity contribution in [2.45, 2.75) is 19.3 Å². The zero-order valence-corrected chi connectivity index (χ0v) is 11.8. The van der Waals surface area contributed by atoms with Crippen LogP contribution in [0.4, 0.5) is 0 Å². The van der Waals surface area contributed by atoms with Crippen molar-refractivity contribution in [2.75, 3.05) is 6.61 Å². The minimum Gasteiger partial charge on any atom is -0.469 e. The standard InChI is InChI=1S/C15H14O4S/c1-9-4-5-14(20-9)12(16)8-19-15(17)11-7-10(11)13-3-2-6-18-13/h2-6,10-11H,7-8H2,1H3/t10-,11-/m0/s1. The smallest absolute Gasteiger partial charge is 0.310 e. The number of Topliss-reactive ketones (excluding diaryl/α,β-unsaturated/α-hetero) is 1. The van der Waals surface area contributed by atoms with Crippen molar-refractivity contribution < 1.29 is 18.7 Å². The Balaban J connectivity index is 1.50. The van der Waals surface area contributed by atoms with E-state index in [1.165, 1.54) is 11.3 Å². The summed E-state index contributed by atoms with van der Waals surface area (Å²) < 4.78 is 10.4. The number of aryl methyl sites for hydroxylation is 1. The van der Waals surface area contributed by atoms with Gasteiger partial charge in [0.2, 0.25) is 5.78 Å². The average Bonchev–Trinajstić information content (AvgIpc) is 2.87.